The molecule has 1 heterocycles. The summed E-state index contributed by atoms with van der Waals surface area (Å²) in [6.07, 6.45) is -4.76. The number of ether oxygens (including phenoxy) is 1. The number of piperidine rings is 1. The number of hydrogen-bond acceptors (Lipinski definition) is 4. The summed E-state index contributed by atoms with van der Waals surface area (Å²) in [5, 5.41) is 1.95. The Morgan fingerprint density at radius 2 is 1.93 bits per heavy atom. The highest BCUT2D eigenvalue weighted by molar-refractivity contribution is 5.85. The molecule has 3 unspecified atom stereocenters. The highest BCUT2D eigenvalue weighted by Crippen LogP contribution is 2.30. The quantitative estimate of drug-likeness (QED) is 0.699. The molecule has 2 amide bonds. The summed E-state index contributed by atoms with van der Waals surface area (Å²) >= 11 is 0. The first-order valence-corrected chi connectivity index (χ1v) is 8.30. The van der Waals surface area contributed by atoms with Crippen LogP contribution in [0.1, 0.15) is 17.9 Å². The van der Waals surface area contributed by atoms with Crippen LogP contribution in [0.15, 0.2) is 24.3 Å². The van der Waals surface area contributed by atoms with Crippen molar-refractivity contribution in [1.29, 1.82) is 0 Å². The molecular formula is C17H22ClF4N3O3. The number of methoxy groups -OCH3 is 1. The Morgan fingerprint density at radius 1 is 1.32 bits per heavy atom. The Hall–Kier alpha value is -1.91. The molecule has 1 saturated heterocycles. The molecule has 2 rings (SSSR count). The number of carbonyl (C=O) groups excluding carboxylic acids is 2. The lowest BCUT2D eigenvalue weighted by Crippen LogP contribution is -2.58. The number of amides is 2. The molecule has 1 aromatic carbocycles. The number of alkyl halides is 3. The van der Waals surface area contributed by atoms with Gasteiger partial charge in [-0.25, -0.2) is 4.39 Å². The van der Waals surface area contributed by atoms with Crippen LogP contribution in [0.4, 0.5) is 17.6 Å². The number of rotatable bonds is 5. The molecular weight excluding hydrogens is 406 g/mol. The Morgan fingerprint density at radius 3 is 2.46 bits per heavy atom. The highest BCUT2D eigenvalue weighted by Gasteiger charge is 2.43. The van der Waals surface area contributed by atoms with Crippen LogP contribution in [-0.4, -0.2) is 61.8 Å². The summed E-state index contributed by atoms with van der Waals surface area (Å²) in [5.41, 5.74) is 6.29. The van der Waals surface area contributed by atoms with Crippen LogP contribution >= 0.6 is 12.4 Å². The molecule has 11 heteroatoms. The molecule has 0 saturated carbocycles. The minimum absolute atomic E-state index is 0. The van der Waals surface area contributed by atoms with E-state index in [0.717, 1.165) is 0 Å². The van der Waals surface area contributed by atoms with E-state index < -0.39 is 41.8 Å². The van der Waals surface area contributed by atoms with Gasteiger partial charge >= 0.3 is 12.1 Å². The van der Waals surface area contributed by atoms with Crippen molar-refractivity contribution in [2.45, 2.75) is 30.6 Å². The number of nitrogens with zero attached hydrogens (tertiary/aromatic N) is 1. The van der Waals surface area contributed by atoms with Gasteiger partial charge in [-0.15, -0.1) is 12.4 Å². The first kappa shape index (κ1) is 24.1. The van der Waals surface area contributed by atoms with Crippen molar-refractivity contribution in [1.82, 2.24) is 10.2 Å². The van der Waals surface area contributed by atoms with Crippen LogP contribution in [0.3, 0.4) is 0 Å². The van der Waals surface area contributed by atoms with E-state index in [0.29, 0.717) is 12.0 Å². The molecule has 0 aromatic heterocycles. The predicted octanol–water partition coefficient (Wildman–Crippen LogP) is 1.58. The SMILES string of the molecule is COCC(N)C(=O)N1CCC(c2ccc(F)cc2)C(NC(=O)C(F)(F)F)C1.Cl. The molecule has 28 heavy (non-hydrogen) atoms. The molecule has 0 bridgehead atoms. The molecule has 3 atom stereocenters. The van der Waals surface area contributed by atoms with Crippen molar-refractivity contribution < 1.29 is 31.9 Å². The highest BCUT2D eigenvalue weighted by atomic mass is 35.5. The van der Waals surface area contributed by atoms with Gasteiger partial charge < -0.3 is 20.7 Å². The molecule has 1 aromatic rings. The summed E-state index contributed by atoms with van der Waals surface area (Å²) in [5.74, 6) is -3.54. The maximum Gasteiger partial charge on any atom is 0.471 e. The molecule has 0 radical (unpaired) electrons. The molecule has 0 aliphatic carbocycles. The second-order valence-electron chi connectivity index (χ2n) is 6.37. The molecule has 1 aliphatic rings. The van der Waals surface area contributed by atoms with Crippen LogP contribution in [0.5, 0.6) is 0 Å². The van der Waals surface area contributed by atoms with Gasteiger partial charge in [-0.2, -0.15) is 13.2 Å². The van der Waals surface area contributed by atoms with Crippen LogP contribution in [-0.2, 0) is 14.3 Å². The van der Waals surface area contributed by atoms with E-state index in [9.17, 15) is 27.2 Å². The topological polar surface area (TPSA) is 84.7 Å². The number of benzene rings is 1. The zero-order valence-electron chi connectivity index (χ0n) is 15.0. The van der Waals surface area contributed by atoms with Gasteiger partial charge in [0.2, 0.25) is 5.91 Å². The van der Waals surface area contributed by atoms with Gasteiger partial charge in [-0.05, 0) is 24.1 Å². The molecule has 1 aliphatic heterocycles. The third-order valence-electron chi connectivity index (χ3n) is 4.46. The van der Waals surface area contributed by atoms with E-state index in [1.54, 1.807) is 0 Å². The fraction of sp³-hybridized carbons (Fsp3) is 0.529. The summed E-state index contributed by atoms with van der Waals surface area (Å²) in [4.78, 5) is 25.1. The Kier molecular flexibility index (Phi) is 8.65. The first-order chi connectivity index (χ1) is 12.6. The van der Waals surface area contributed by atoms with Gasteiger partial charge in [0.05, 0.1) is 12.6 Å². The second kappa shape index (κ2) is 10.0. The van der Waals surface area contributed by atoms with Crippen molar-refractivity contribution in [3.05, 3.63) is 35.6 Å². The van der Waals surface area contributed by atoms with Crippen molar-refractivity contribution in [2.24, 2.45) is 5.73 Å². The van der Waals surface area contributed by atoms with E-state index >= 15 is 0 Å². The van der Waals surface area contributed by atoms with Gasteiger partial charge in [0.15, 0.2) is 0 Å². The third-order valence-corrected chi connectivity index (χ3v) is 4.46. The lowest BCUT2D eigenvalue weighted by atomic mass is 9.85. The Balaban J connectivity index is 0.00000392. The molecule has 1 fully saturated rings. The average molecular weight is 428 g/mol. The number of carbonyl (C=O) groups is 2. The van der Waals surface area contributed by atoms with Crippen molar-refractivity contribution in [3.63, 3.8) is 0 Å². The lowest BCUT2D eigenvalue weighted by molar-refractivity contribution is -0.175. The van der Waals surface area contributed by atoms with Crippen LogP contribution < -0.4 is 11.1 Å². The lowest BCUT2D eigenvalue weighted by Gasteiger charge is -2.40. The average Bonchev–Trinajstić information content (AvgIpc) is 2.61. The minimum atomic E-state index is -5.05. The molecule has 158 valence electrons. The Bertz CT molecular complexity index is 673. The fourth-order valence-electron chi connectivity index (χ4n) is 3.14. The smallest absolute Gasteiger partial charge is 0.383 e. The van der Waals surface area contributed by atoms with E-state index in [-0.39, 0.29) is 32.1 Å². The third kappa shape index (κ3) is 6.05. The summed E-state index contributed by atoms with van der Waals surface area (Å²) in [7, 11) is 1.38. The van der Waals surface area contributed by atoms with Gasteiger partial charge in [-0.1, -0.05) is 12.1 Å². The van der Waals surface area contributed by atoms with Gasteiger partial charge in [0.25, 0.3) is 0 Å². The van der Waals surface area contributed by atoms with Gasteiger partial charge in [0.1, 0.15) is 11.9 Å². The fourth-order valence-corrected chi connectivity index (χ4v) is 3.14. The van der Waals surface area contributed by atoms with Crippen LogP contribution in [0, 0.1) is 5.82 Å². The number of hydrogen-bond donors (Lipinski definition) is 2. The van der Waals surface area contributed by atoms with Gasteiger partial charge in [-0.3, -0.25) is 9.59 Å². The zero-order chi connectivity index (χ0) is 20.2. The van der Waals surface area contributed by atoms with Crippen LogP contribution in [0.25, 0.3) is 0 Å². The van der Waals surface area contributed by atoms with Crippen molar-refractivity contribution in [3.8, 4) is 0 Å². The first-order valence-electron chi connectivity index (χ1n) is 8.30. The molecule has 0 spiro atoms. The summed E-state index contributed by atoms with van der Waals surface area (Å²) < 4.78 is 56.1. The zero-order valence-corrected chi connectivity index (χ0v) is 15.9. The predicted molar refractivity (Wildman–Crippen MR) is 95.4 cm³/mol. The van der Waals surface area contributed by atoms with E-state index in [4.69, 9.17) is 10.5 Å². The Labute approximate surface area is 165 Å². The molecule has 6 nitrogen and oxygen atoms in total. The number of nitrogens with two attached hydrogens (primary N) is 1. The van der Waals surface area contributed by atoms with E-state index in [2.05, 4.69) is 0 Å². The normalized spacial score (nSPS) is 20.9. The number of likely N-dealkylation sites (tertiary alicyclic amines) is 1. The van der Waals surface area contributed by atoms with Crippen molar-refractivity contribution >= 4 is 24.2 Å². The van der Waals surface area contributed by atoms with Crippen molar-refractivity contribution in [2.75, 3.05) is 26.8 Å². The van der Waals surface area contributed by atoms with E-state index in [1.807, 2.05) is 5.32 Å². The summed E-state index contributed by atoms with van der Waals surface area (Å²) in [6, 6.07) is 3.38. The number of nitrogens with one attached hydrogen (secondary N) is 1. The number of halogens is 5. The minimum Gasteiger partial charge on any atom is -0.383 e. The maximum absolute atomic E-state index is 13.1. The maximum atomic E-state index is 13.1. The standard InChI is InChI=1S/C17H21F4N3O3.ClH/c1-27-9-13(22)15(25)24-7-6-12(10-2-4-11(18)5-3-10)14(8-24)23-16(26)17(19,20)21;/h2-5,12-14H,6-9,22H2,1H3,(H,23,26);1H. The largest absolute Gasteiger partial charge is 0.471 e. The van der Waals surface area contributed by atoms with E-state index in [1.165, 1.54) is 36.3 Å². The van der Waals surface area contributed by atoms with Crippen LogP contribution in [0.2, 0.25) is 0 Å². The molecule has 3 N–H and O–H groups in total. The monoisotopic (exact) mass is 427 g/mol. The summed E-state index contributed by atoms with van der Waals surface area (Å²) in [6.45, 7) is 0.0765. The van der Waals surface area contributed by atoms with Gasteiger partial charge in [0, 0.05) is 26.1 Å². The second-order valence-corrected chi connectivity index (χ2v) is 6.37.